The standard InChI is InChI=1S/C14H20F2N2O2S/c1-9(11-3-4-11)7-18-21(19,20)13-6-10(8-17-2)5-12(15)14(13)16/h5-6,9,11,17-18H,3-4,7-8H2,1-2H3. The van der Waals surface area contributed by atoms with Crippen molar-refractivity contribution in [2.24, 2.45) is 11.8 Å². The molecule has 1 aliphatic carbocycles. The normalized spacial score (nSPS) is 17.0. The molecule has 0 spiro atoms. The number of halogens is 2. The summed E-state index contributed by atoms with van der Waals surface area (Å²) >= 11 is 0. The SMILES string of the molecule is CNCc1cc(F)c(F)c(S(=O)(=O)NCC(C)C2CC2)c1. The van der Waals surface area contributed by atoms with Crippen molar-refractivity contribution in [1.29, 1.82) is 0 Å². The molecule has 0 radical (unpaired) electrons. The van der Waals surface area contributed by atoms with Crippen LogP contribution in [-0.4, -0.2) is 22.0 Å². The molecule has 4 nitrogen and oxygen atoms in total. The van der Waals surface area contributed by atoms with E-state index < -0.39 is 26.6 Å². The smallest absolute Gasteiger partial charge is 0.243 e. The number of rotatable bonds is 7. The van der Waals surface area contributed by atoms with Gasteiger partial charge < -0.3 is 5.32 Å². The number of nitrogens with one attached hydrogen (secondary N) is 2. The van der Waals surface area contributed by atoms with Crippen LogP contribution in [-0.2, 0) is 16.6 Å². The van der Waals surface area contributed by atoms with Gasteiger partial charge in [-0.2, -0.15) is 0 Å². The van der Waals surface area contributed by atoms with Gasteiger partial charge in [0.15, 0.2) is 11.6 Å². The first kappa shape index (κ1) is 16.3. The van der Waals surface area contributed by atoms with Crippen molar-refractivity contribution in [3.8, 4) is 0 Å². The van der Waals surface area contributed by atoms with E-state index in [9.17, 15) is 17.2 Å². The van der Waals surface area contributed by atoms with Gasteiger partial charge in [0.25, 0.3) is 0 Å². The summed E-state index contributed by atoms with van der Waals surface area (Å²) in [4.78, 5) is -0.629. The maximum absolute atomic E-state index is 13.8. The molecular formula is C14H20F2N2O2S. The molecule has 0 aromatic heterocycles. The minimum absolute atomic E-state index is 0.202. The summed E-state index contributed by atoms with van der Waals surface area (Å²) < 4.78 is 54.1. The van der Waals surface area contributed by atoms with Crippen molar-refractivity contribution < 1.29 is 17.2 Å². The molecule has 0 aliphatic heterocycles. The lowest BCUT2D eigenvalue weighted by Crippen LogP contribution is -2.30. The van der Waals surface area contributed by atoms with Gasteiger partial charge in [-0.25, -0.2) is 21.9 Å². The first-order valence-corrected chi connectivity index (χ1v) is 8.45. The van der Waals surface area contributed by atoms with Gasteiger partial charge in [-0.3, -0.25) is 0 Å². The van der Waals surface area contributed by atoms with Crippen molar-refractivity contribution in [2.75, 3.05) is 13.6 Å². The Bertz CT molecular complexity index is 616. The Labute approximate surface area is 124 Å². The second kappa shape index (κ2) is 6.37. The molecule has 118 valence electrons. The van der Waals surface area contributed by atoms with E-state index in [1.165, 1.54) is 6.07 Å². The van der Waals surface area contributed by atoms with Gasteiger partial charge in [-0.05, 0) is 49.4 Å². The van der Waals surface area contributed by atoms with Crippen LogP contribution < -0.4 is 10.0 Å². The third kappa shape index (κ3) is 3.99. The Morgan fingerprint density at radius 2 is 2.00 bits per heavy atom. The highest BCUT2D eigenvalue weighted by Gasteiger charge is 2.30. The first-order valence-electron chi connectivity index (χ1n) is 6.97. The number of benzene rings is 1. The molecule has 1 unspecified atom stereocenters. The van der Waals surface area contributed by atoms with Crippen molar-refractivity contribution in [1.82, 2.24) is 10.0 Å². The Balaban J connectivity index is 2.21. The van der Waals surface area contributed by atoms with Gasteiger partial charge in [0, 0.05) is 13.1 Å². The summed E-state index contributed by atoms with van der Waals surface area (Å²) in [5.74, 6) is -1.75. The van der Waals surface area contributed by atoms with Crippen LogP contribution >= 0.6 is 0 Å². The van der Waals surface area contributed by atoms with Gasteiger partial charge >= 0.3 is 0 Å². The highest BCUT2D eigenvalue weighted by molar-refractivity contribution is 7.89. The average Bonchev–Trinajstić information content (AvgIpc) is 3.24. The van der Waals surface area contributed by atoms with E-state index in [-0.39, 0.29) is 19.0 Å². The van der Waals surface area contributed by atoms with Crippen molar-refractivity contribution >= 4 is 10.0 Å². The third-order valence-electron chi connectivity index (χ3n) is 3.75. The fraction of sp³-hybridized carbons (Fsp3) is 0.571. The van der Waals surface area contributed by atoms with Crippen LogP contribution in [0.2, 0.25) is 0 Å². The maximum atomic E-state index is 13.8. The van der Waals surface area contributed by atoms with Gasteiger partial charge in [-0.15, -0.1) is 0 Å². The lowest BCUT2D eigenvalue weighted by Gasteiger charge is -2.13. The van der Waals surface area contributed by atoms with Crippen LogP contribution in [0.1, 0.15) is 25.3 Å². The second-order valence-corrected chi connectivity index (χ2v) is 7.32. The number of sulfonamides is 1. The van der Waals surface area contributed by atoms with Crippen LogP contribution in [0, 0.1) is 23.5 Å². The zero-order chi connectivity index (χ0) is 15.6. The summed E-state index contributed by atoms with van der Waals surface area (Å²) in [6.45, 7) is 2.46. The minimum Gasteiger partial charge on any atom is -0.316 e. The van der Waals surface area contributed by atoms with Crippen LogP contribution in [0.3, 0.4) is 0 Å². The van der Waals surface area contributed by atoms with Gasteiger partial charge in [-0.1, -0.05) is 6.92 Å². The van der Waals surface area contributed by atoms with Gasteiger partial charge in [0.1, 0.15) is 4.90 Å². The fourth-order valence-electron chi connectivity index (χ4n) is 2.27. The molecule has 2 N–H and O–H groups in total. The minimum atomic E-state index is -4.05. The van der Waals surface area contributed by atoms with E-state index in [0.717, 1.165) is 18.9 Å². The number of hydrogen-bond donors (Lipinski definition) is 2. The monoisotopic (exact) mass is 318 g/mol. The van der Waals surface area contributed by atoms with Gasteiger partial charge in [0.2, 0.25) is 10.0 Å². The molecule has 1 aromatic carbocycles. The summed E-state index contributed by atoms with van der Waals surface area (Å²) in [5, 5.41) is 2.78. The van der Waals surface area contributed by atoms with Crippen molar-refractivity contribution in [3.05, 3.63) is 29.3 Å². The Kier molecular flexibility index (Phi) is 4.95. The lowest BCUT2D eigenvalue weighted by molar-refractivity contribution is 0.472. The predicted molar refractivity (Wildman–Crippen MR) is 76.2 cm³/mol. The van der Waals surface area contributed by atoms with E-state index in [0.29, 0.717) is 11.5 Å². The van der Waals surface area contributed by atoms with Gasteiger partial charge in [0.05, 0.1) is 0 Å². The van der Waals surface area contributed by atoms with Crippen LogP contribution in [0.4, 0.5) is 8.78 Å². The molecule has 1 saturated carbocycles. The Morgan fingerprint density at radius 1 is 1.33 bits per heavy atom. The van der Waals surface area contributed by atoms with Crippen molar-refractivity contribution in [2.45, 2.75) is 31.2 Å². The molecule has 0 saturated heterocycles. The highest BCUT2D eigenvalue weighted by Crippen LogP contribution is 2.36. The lowest BCUT2D eigenvalue weighted by atomic mass is 10.1. The molecule has 1 aliphatic rings. The molecule has 1 aromatic rings. The summed E-state index contributed by atoms with van der Waals surface area (Å²) in [6.07, 6.45) is 2.20. The highest BCUT2D eigenvalue weighted by atomic mass is 32.2. The average molecular weight is 318 g/mol. The van der Waals surface area contributed by atoms with E-state index in [1.807, 2.05) is 6.92 Å². The summed E-state index contributed by atoms with van der Waals surface area (Å²) in [7, 11) is -2.40. The van der Waals surface area contributed by atoms with Crippen LogP contribution in [0.25, 0.3) is 0 Å². The third-order valence-corrected chi connectivity index (χ3v) is 5.17. The van der Waals surface area contributed by atoms with E-state index in [4.69, 9.17) is 0 Å². The molecule has 0 heterocycles. The van der Waals surface area contributed by atoms with Crippen molar-refractivity contribution in [3.63, 3.8) is 0 Å². The Morgan fingerprint density at radius 3 is 2.57 bits per heavy atom. The number of hydrogen-bond acceptors (Lipinski definition) is 3. The predicted octanol–water partition coefficient (Wildman–Crippen LogP) is 2.01. The quantitative estimate of drug-likeness (QED) is 0.808. The maximum Gasteiger partial charge on any atom is 0.243 e. The second-order valence-electron chi connectivity index (χ2n) is 5.59. The fourth-order valence-corrected chi connectivity index (χ4v) is 3.55. The largest absolute Gasteiger partial charge is 0.316 e. The molecule has 7 heteroatoms. The topological polar surface area (TPSA) is 58.2 Å². The molecular weight excluding hydrogens is 298 g/mol. The van der Waals surface area contributed by atoms with Crippen LogP contribution in [0.15, 0.2) is 17.0 Å². The zero-order valence-electron chi connectivity index (χ0n) is 12.1. The molecule has 1 fully saturated rings. The molecule has 0 bridgehead atoms. The Hall–Kier alpha value is -1.05. The van der Waals surface area contributed by atoms with E-state index in [2.05, 4.69) is 10.0 Å². The van der Waals surface area contributed by atoms with E-state index >= 15 is 0 Å². The first-order chi connectivity index (χ1) is 9.85. The van der Waals surface area contributed by atoms with Crippen LogP contribution in [0.5, 0.6) is 0 Å². The molecule has 0 amide bonds. The molecule has 1 atom stereocenters. The van der Waals surface area contributed by atoms with E-state index in [1.54, 1.807) is 7.05 Å². The summed E-state index contributed by atoms with van der Waals surface area (Å²) in [5.41, 5.74) is 0.381. The molecule has 2 rings (SSSR count). The summed E-state index contributed by atoms with van der Waals surface area (Å²) in [6, 6.07) is 2.16. The molecule has 21 heavy (non-hydrogen) atoms. The zero-order valence-corrected chi connectivity index (χ0v) is 12.9.